The first-order valence-corrected chi connectivity index (χ1v) is 35.1. The average molecular weight is 1980 g/mol. The summed E-state index contributed by atoms with van der Waals surface area (Å²) in [6, 6.07) is 0. The minimum atomic E-state index is -7.09. The fraction of sp³-hybridized carbons (Fsp3) is 1.00. The minimum Gasteiger partial charge on any atom is -0.379 e. The highest BCUT2D eigenvalue weighted by atomic mass is 127. The average Bonchev–Trinajstić information content (AvgIpc) is 0.790. The quantitative estimate of drug-likeness (QED) is 0.0237. The van der Waals surface area contributed by atoms with Gasteiger partial charge >= 0.3 is 126 Å². The van der Waals surface area contributed by atoms with Crippen LogP contribution in [0.2, 0.25) is 0 Å². The first kappa shape index (κ1) is 92.2. The smallest absolute Gasteiger partial charge is 0.379 e. The summed E-state index contributed by atoms with van der Waals surface area (Å²) in [7, 11) is -23.5. The molecular weight excluding hydrogens is 1960 g/mol. The molecule has 0 radical (unpaired) electrons. The number of hydrogen-bond donors (Lipinski definition) is 0. The van der Waals surface area contributed by atoms with E-state index in [9.17, 15) is 189 Å². The summed E-state index contributed by atoms with van der Waals surface area (Å²) in [4.78, 5) is 0. The summed E-state index contributed by atoms with van der Waals surface area (Å²) >= 11 is -14.1. The minimum absolute atomic E-state index is 2.01. The predicted octanol–water partition coefficient (Wildman–Crippen LogP) is 16.8. The van der Waals surface area contributed by atoms with Crippen molar-refractivity contribution in [2.75, 3.05) is 52.9 Å². The maximum absolute atomic E-state index is 14.8. The Labute approximate surface area is 534 Å². The van der Waals surface area contributed by atoms with Gasteiger partial charge in [-0.15, -0.1) is 0 Å². The van der Waals surface area contributed by atoms with Crippen molar-refractivity contribution in [1.82, 2.24) is 0 Å². The van der Waals surface area contributed by atoms with Gasteiger partial charge in [-0.1, -0.05) is 0 Å². The lowest BCUT2D eigenvalue weighted by Gasteiger charge is -2.35. The second-order valence-electron chi connectivity index (χ2n) is 17.7. The van der Waals surface area contributed by atoms with Crippen molar-refractivity contribution < 1.29 is 227 Å². The highest BCUT2D eigenvalue weighted by Crippen LogP contribution is 2.57. The highest BCUT2D eigenvalue weighted by Gasteiger charge is 2.76. The molecule has 0 aromatic carbocycles. The number of hydrogen-bond acceptors (Lipinski definition) is 20. The highest BCUT2D eigenvalue weighted by molar-refractivity contribution is 14.2. The van der Waals surface area contributed by atoms with Crippen molar-refractivity contribution >= 4 is 115 Å². The fourth-order valence-corrected chi connectivity index (χ4v) is 11.1. The van der Waals surface area contributed by atoms with E-state index in [0.29, 0.717) is 0 Å². The normalized spacial score (nSPS) is 16.8. The molecule has 20 nitrogen and oxygen atoms in total. The van der Waals surface area contributed by atoms with E-state index in [1.807, 2.05) is 0 Å². The zero-order valence-electron chi connectivity index (χ0n) is 42.9. The largest absolute Gasteiger partial charge is 0.443 e. The van der Waals surface area contributed by atoms with Crippen LogP contribution in [0.5, 0.6) is 0 Å². The molecule has 0 aliphatic carbocycles. The molecule has 552 valence electrons. The molecular formula is C33H28F32I4O20P4. The summed E-state index contributed by atoms with van der Waals surface area (Å²) in [6.45, 7) is -16.1. The van der Waals surface area contributed by atoms with Crippen LogP contribution < -0.4 is 0 Å². The Morgan fingerprint density at radius 2 is 0.387 bits per heavy atom. The first-order valence-electron chi connectivity index (χ1n) is 21.9. The van der Waals surface area contributed by atoms with Gasteiger partial charge in [-0.25, -0.2) is 55.5 Å². The van der Waals surface area contributed by atoms with Crippen molar-refractivity contribution in [2.45, 2.75) is 137 Å². The Morgan fingerprint density at radius 1 is 0.247 bits per heavy atom. The number of alkyl halides is 36. The van der Waals surface area contributed by atoms with Gasteiger partial charge in [-0.2, -0.15) is 140 Å². The van der Waals surface area contributed by atoms with E-state index in [1.165, 1.54) is 0 Å². The molecule has 0 heterocycles. The third kappa shape index (κ3) is 23.6. The second-order valence-corrected chi connectivity index (χ2v) is 31.1. The molecule has 0 aromatic rings. The van der Waals surface area contributed by atoms with Gasteiger partial charge in [0.1, 0.15) is 84.8 Å². The third-order valence-corrected chi connectivity index (χ3v) is 19.2. The van der Waals surface area contributed by atoms with Crippen LogP contribution in [0.25, 0.3) is 0 Å². The van der Waals surface area contributed by atoms with Crippen LogP contribution in [-0.2, 0) is 86.7 Å². The lowest BCUT2D eigenvalue weighted by atomic mass is 9.92. The van der Waals surface area contributed by atoms with Crippen LogP contribution >= 0.6 is 115 Å². The van der Waals surface area contributed by atoms with Crippen LogP contribution in [0.15, 0.2) is 0 Å². The molecule has 0 aliphatic heterocycles. The maximum Gasteiger partial charge on any atom is 0.443 e. The second kappa shape index (κ2) is 33.3. The maximum atomic E-state index is 14.8. The number of ether oxygens (including phenoxy) is 8. The van der Waals surface area contributed by atoms with E-state index < -0.39 is 310 Å². The fourth-order valence-electron chi connectivity index (χ4n) is 5.53. The molecule has 0 saturated carbocycles. The van der Waals surface area contributed by atoms with Crippen molar-refractivity contribution in [2.24, 2.45) is 5.41 Å². The zero-order valence-corrected chi connectivity index (χ0v) is 55.1. The topological polar surface area (TPSA) is 279 Å². The first-order chi connectivity index (χ1) is 41.2. The zero-order chi connectivity index (χ0) is 74.1. The van der Waals surface area contributed by atoms with Crippen LogP contribution in [0.1, 0.15) is 25.7 Å². The lowest BCUT2D eigenvalue weighted by Crippen LogP contribution is -2.53. The molecule has 0 spiro atoms. The van der Waals surface area contributed by atoms with E-state index >= 15 is 0 Å². The van der Waals surface area contributed by atoms with Crippen LogP contribution in [0.3, 0.4) is 0 Å². The molecule has 93 heavy (non-hydrogen) atoms. The number of rotatable bonds is 48. The van der Waals surface area contributed by atoms with Crippen molar-refractivity contribution in [3.05, 3.63) is 0 Å². The molecule has 60 heteroatoms. The van der Waals surface area contributed by atoms with Crippen LogP contribution in [-0.4, -0.2) is 164 Å². The molecule has 0 saturated heterocycles. The molecule has 0 aliphatic rings. The SMILES string of the molecule is O=IC(COCC(COCC(CC(F)(F)C(F)(F)OC(F)(F)C(F)(F)P(=O)=O)I=O)(COCC(CC(F)(F)C(F)(F)OC(F)(F)C(F)(F)P(=O)=O)I=O)COCC(CC(F)(F)C(F)(F)OC(F)(F)C(F)(F)P(=O)=O)I=O)CC(F)(F)C(F)(F)OC(F)(F)C(F)(F)P(=O)=O. The van der Waals surface area contributed by atoms with Gasteiger partial charge in [0.25, 0.3) is 0 Å². The van der Waals surface area contributed by atoms with Gasteiger partial charge in [0.15, 0.2) is 0 Å². The Balaban J connectivity index is 8.01. The number of halogens is 36. The lowest BCUT2D eigenvalue weighted by molar-refractivity contribution is -0.456. The van der Waals surface area contributed by atoms with Crippen molar-refractivity contribution in [3.8, 4) is 0 Å². The van der Waals surface area contributed by atoms with Gasteiger partial charge in [0.2, 0.25) is 0 Å². The van der Waals surface area contributed by atoms with Gasteiger partial charge in [0, 0.05) is 25.7 Å². The van der Waals surface area contributed by atoms with Crippen molar-refractivity contribution in [1.29, 1.82) is 0 Å². The monoisotopic (exact) mass is 1980 g/mol. The molecule has 0 N–H and O–H groups in total. The summed E-state index contributed by atoms with van der Waals surface area (Å²) in [5, 5.41) is 0. The van der Waals surface area contributed by atoms with E-state index in [-0.39, 0.29) is 0 Å². The molecule has 0 bridgehead atoms. The van der Waals surface area contributed by atoms with Crippen molar-refractivity contribution in [3.63, 3.8) is 0 Å². The van der Waals surface area contributed by atoms with E-state index in [2.05, 4.69) is 18.9 Å². The van der Waals surface area contributed by atoms with Crippen LogP contribution in [0, 0.1) is 5.41 Å². The Kier molecular flexibility index (Phi) is 33.0. The predicted molar refractivity (Wildman–Crippen MR) is 255 cm³/mol. The summed E-state index contributed by atoms with van der Waals surface area (Å²) < 4.78 is 599. The molecule has 4 atom stereocenters. The molecule has 0 rings (SSSR count). The van der Waals surface area contributed by atoms with Gasteiger partial charge in [-0.3, -0.25) is 12.3 Å². The third-order valence-electron chi connectivity index (χ3n) is 10.3. The summed E-state index contributed by atoms with van der Waals surface area (Å²) in [5.41, 5.74) is -30.2. The Bertz CT molecular complexity index is 2460. The molecule has 4 unspecified atom stereocenters. The summed E-state index contributed by atoms with van der Waals surface area (Å²) in [6.07, 6.45) is -68.2. The molecule has 0 amide bonds. The van der Waals surface area contributed by atoms with Crippen LogP contribution in [0.4, 0.5) is 140 Å². The van der Waals surface area contributed by atoms with Gasteiger partial charge < -0.3 is 18.9 Å². The standard InChI is InChI=1S/C33H28F32I4O20P4/c34-18(35,22(42,43)86-26(50,51)30(58,59)90(74)75)1-13(66-70)5-82-9-17(10-83-6-14(67-71)2-19(36,37)23(44,45)87-27(52,53)31(60,61)91(76)77,11-84-7-15(68-72)3-20(38,39)24(46,47)88-28(54,55)32(62,63)92(78)79)12-85-8-16(69-73)4-21(40,41)25(48,49)89-29(56,57)33(64,65)93(80)81/h13-16H,1-12H2. The molecule has 0 aromatic heterocycles. The Hall–Kier alpha value is -0.840. The Morgan fingerprint density at radius 3 is 0.505 bits per heavy atom. The van der Waals surface area contributed by atoms with Gasteiger partial charge in [-0.05, 0) is 0 Å². The van der Waals surface area contributed by atoms with E-state index in [1.54, 1.807) is 0 Å². The molecule has 0 fully saturated rings. The van der Waals surface area contributed by atoms with Gasteiger partial charge in [0.05, 0.1) is 74.0 Å². The van der Waals surface area contributed by atoms with E-state index in [4.69, 9.17) is 18.9 Å². The summed E-state index contributed by atoms with van der Waals surface area (Å²) in [5.74, 6) is -25.6. The van der Waals surface area contributed by atoms with E-state index in [0.717, 1.165) is 0 Å².